The summed E-state index contributed by atoms with van der Waals surface area (Å²) in [5.74, 6) is 0. The van der Waals surface area contributed by atoms with Crippen LogP contribution in [0, 0.1) is 0 Å². The molecule has 1 N–H and O–H groups in total. The van der Waals surface area contributed by atoms with Crippen molar-refractivity contribution in [2.24, 2.45) is 0 Å². The van der Waals surface area contributed by atoms with Crippen LogP contribution in [0.2, 0.25) is 0 Å². The quantitative estimate of drug-likeness (QED) is 0.455. The number of hydrogen-bond acceptors (Lipinski definition) is 1. The standard InChI is InChI=1S/C4H10O.BH3/c1-2-3-4-5;/h5H,2-4H2,1H3;1H3. The van der Waals surface area contributed by atoms with Gasteiger partial charge in [-0.15, -0.1) is 0 Å². The normalized spacial score (nSPS) is 7.00. The lowest BCUT2D eigenvalue weighted by Gasteiger charge is -1.79. The van der Waals surface area contributed by atoms with Gasteiger partial charge in [0.15, 0.2) is 0 Å². The van der Waals surface area contributed by atoms with Gasteiger partial charge in [0.1, 0.15) is 0 Å². The summed E-state index contributed by atoms with van der Waals surface area (Å²) in [7, 11) is 0. The van der Waals surface area contributed by atoms with Gasteiger partial charge >= 0.3 is 0 Å². The Morgan fingerprint density at radius 3 is 2.00 bits per heavy atom. The van der Waals surface area contributed by atoms with Crippen molar-refractivity contribution in [3.8, 4) is 0 Å². The Hall–Kier alpha value is 0.0249. The van der Waals surface area contributed by atoms with Crippen molar-refractivity contribution in [2.75, 3.05) is 6.61 Å². The van der Waals surface area contributed by atoms with Crippen molar-refractivity contribution in [1.29, 1.82) is 0 Å². The largest absolute Gasteiger partial charge is 0.396 e. The van der Waals surface area contributed by atoms with Crippen LogP contribution < -0.4 is 0 Å². The summed E-state index contributed by atoms with van der Waals surface area (Å²) < 4.78 is 0. The molecule has 0 saturated carbocycles. The van der Waals surface area contributed by atoms with E-state index < -0.39 is 0 Å². The maximum atomic E-state index is 8.07. The third-order valence-corrected chi connectivity index (χ3v) is 0.512. The molecule has 0 aromatic heterocycles. The molecule has 0 atom stereocenters. The fourth-order valence-electron chi connectivity index (χ4n) is 0.158. The number of hydrogen-bond donors (Lipinski definition) is 1. The highest BCUT2D eigenvalue weighted by Crippen LogP contribution is 1.78. The van der Waals surface area contributed by atoms with Gasteiger partial charge in [-0.25, -0.2) is 0 Å². The molecule has 0 spiro atoms. The number of unbranched alkanes of at least 4 members (excludes halogenated alkanes) is 1. The van der Waals surface area contributed by atoms with E-state index in [-0.39, 0.29) is 8.41 Å². The van der Waals surface area contributed by atoms with E-state index >= 15 is 0 Å². The average Bonchev–Trinajstić information content (AvgIpc) is 1.41. The first-order valence-electron chi connectivity index (χ1n) is 2.02. The summed E-state index contributed by atoms with van der Waals surface area (Å²) in [4.78, 5) is 0. The maximum absolute atomic E-state index is 8.07. The van der Waals surface area contributed by atoms with E-state index in [0.29, 0.717) is 6.61 Å². The summed E-state index contributed by atoms with van der Waals surface area (Å²) in [6.07, 6.45) is 2.04. The molecule has 0 unspecified atom stereocenters. The zero-order valence-corrected chi connectivity index (χ0v) is 3.57. The first-order valence-corrected chi connectivity index (χ1v) is 2.02. The van der Waals surface area contributed by atoms with Crippen LogP contribution in [0.3, 0.4) is 0 Å². The Labute approximate surface area is 41.0 Å². The first-order chi connectivity index (χ1) is 2.41. The molecule has 0 aromatic rings. The van der Waals surface area contributed by atoms with Crippen molar-refractivity contribution >= 4 is 8.41 Å². The van der Waals surface area contributed by atoms with Crippen molar-refractivity contribution < 1.29 is 5.11 Å². The molecule has 0 amide bonds. The van der Waals surface area contributed by atoms with Crippen LogP contribution in [-0.4, -0.2) is 20.1 Å². The predicted octanol–water partition coefficient (Wildman–Crippen LogP) is -0.405. The zero-order valence-electron chi connectivity index (χ0n) is 3.57. The zero-order chi connectivity index (χ0) is 4.12. The highest BCUT2D eigenvalue weighted by atomic mass is 16.2. The van der Waals surface area contributed by atoms with Crippen LogP contribution >= 0.6 is 0 Å². The Balaban J connectivity index is 0. The van der Waals surface area contributed by atoms with Crippen LogP contribution in [0.15, 0.2) is 0 Å². The van der Waals surface area contributed by atoms with Crippen molar-refractivity contribution in [1.82, 2.24) is 0 Å². The van der Waals surface area contributed by atoms with Crippen molar-refractivity contribution in [3.63, 3.8) is 0 Å². The second-order valence-electron chi connectivity index (χ2n) is 1.08. The second-order valence-corrected chi connectivity index (χ2v) is 1.08. The van der Waals surface area contributed by atoms with Gasteiger partial charge in [-0.3, -0.25) is 0 Å². The predicted molar refractivity (Wildman–Crippen MR) is 31.9 cm³/mol. The molecule has 0 saturated heterocycles. The molecule has 6 heavy (non-hydrogen) atoms. The van der Waals surface area contributed by atoms with Crippen LogP contribution in [0.25, 0.3) is 0 Å². The monoisotopic (exact) mass is 88.1 g/mol. The Bertz CT molecular complexity index is 15.0. The molecule has 0 radical (unpaired) electrons. The minimum atomic E-state index is 0. The highest BCUT2D eigenvalue weighted by molar-refractivity contribution is 5.75. The molecule has 0 aromatic carbocycles. The van der Waals surface area contributed by atoms with E-state index in [1.807, 2.05) is 0 Å². The van der Waals surface area contributed by atoms with E-state index in [0.717, 1.165) is 12.8 Å². The van der Waals surface area contributed by atoms with Gasteiger partial charge in [-0.05, 0) is 6.42 Å². The number of aliphatic hydroxyl groups excluding tert-OH is 1. The van der Waals surface area contributed by atoms with Gasteiger partial charge in [0.2, 0.25) is 0 Å². The summed E-state index contributed by atoms with van der Waals surface area (Å²) >= 11 is 0. The van der Waals surface area contributed by atoms with E-state index in [2.05, 4.69) is 6.92 Å². The lowest BCUT2D eigenvalue weighted by atomic mass is 10.4. The molecule has 0 aliphatic carbocycles. The first kappa shape index (κ1) is 9.39. The Morgan fingerprint density at radius 1 is 1.50 bits per heavy atom. The van der Waals surface area contributed by atoms with Gasteiger partial charge < -0.3 is 5.11 Å². The lowest BCUT2D eigenvalue weighted by Crippen LogP contribution is -1.75. The van der Waals surface area contributed by atoms with Crippen molar-refractivity contribution in [2.45, 2.75) is 19.8 Å². The van der Waals surface area contributed by atoms with Gasteiger partial charge in [-0.1, -0.05) is 13.3 Å². The van der Waals surface area contributed by atoms with Gasteiger partial charge in [0.25, 0.3) is 0 Å². The van der Waals surface area contributed by atoms with Gasteiger partial charge in [-0.2, -0.15) is 0 Å². The maximum Gasteiger partial charge on any atom is 0.0814 e. The molecular formula is C4H13BO. The molecule has 0 heterocycles. The fraction of sp³-hybridized carbons (Fsp3) is 1.00. The number of aliphatic hydroxyl groups is 1. The molecule has 0 bridgehead atoms. The third-order valence-electron chi connectivity index (χ3n) is 0.512. The van der Waals surface area contributed by atoms with Crippen LogP contribution in [0.1, 0.15) is 19.8 Å². The molecule has 38 valence electrons. The summed E-state index contributed by atoms with van der Waals surface area (Å²) in [6, 6.07) is 0. The second kappa shape index (κ2) is 8.90. The van der Waals surface area contributed by atoms with Crippen molar-refractivity contribution in [3.05, 3.63) is 0 Å². The van der Waals surface area contributed by atoms with Crippen LogP contribution in [0.5, 0.6) is 0 Å². The van der Waals surface area contributed by atoms with E-state index in [1.54, 1.807) is 0 Å². The highest BCUT2D eigenvalue weighted by Gasteiger charge is 1.69. The minimum Gasteiger partial charge on any atom is -0.396 e. The molecule has 0 rings (SSSR count). The number of rotatable bonds is 2. The van der Waals surface area contributed by atoms with Gasteiger partial charge in [0.05, 0.1) is 8.41 Å². The molecule has 0 fully saturated rings. The Morgan fingerprint density at radius 2 is 2.00 bits per heavy atom. The summed E-state index contributed by atoms with van der Waals surface area (Å²) in [5, 5.41) is 8.07. The minimum absolute atomic E-state index is 0. The Kier molecular flexibility index (Phi) is 13.9. The topological polar surface area (TPSA) is 20.2 Å². The van der Waals surface area contributed by atoms with E-state index in [4.69, 9.17) is 5.11 Å². The lowest BCUT2D eigenvalue weighted by molar-refractivity contribution is 0.287. The summed E-state index contributed by atoms with van der Waals surface area (Å²) in [6.45, 7) is 2.40. The molecular weight excluding hydrogens is 74.9 g/mol. The molecule has 0 aliphatic rings. The molecule has 0 aliphatic heterocycles. The van der Waals surface area contributed by atoms with Gasteiger partial charge in [0, 0.05) is 6.61 Å². The molecule has 2 heteroatoms. The smallest absolute Gasteiger partial charge is 0.0814 e. The summed E-state index contributed by atoms with van der Waals surface area (Å²) in [5.41, 5.74) is 0. The third kappa shape index (κ3) is 8.98. The molecule has 1 nitrogen and oxygen atoms in total. The fourth-order valence-corrected chi connectivity index (χ4v) is 0.158. The van der Waals surface area contributed by atoms with Crippen LogP contribution in [-0.2, 0) is 0 Å². The van der Waals surface area contributed by atoms with Crippen LogP contribution in [0.4, 0.5) is 0 Å². The van der Waals surface area contributed by atoms with E-state index in [9.17, 15) is 0 Å². The average molecular weight is 88.0 g/mol. The van der Waals surface area contributed by atoms with E-state index in [1.165, 1.54) is 0 Å². The SMILES string of the molecule is B.CCCCO.